The van der Waals surface area contributed by atoms with Gasteiger partial charge < -0.3 is 14.1 Å². The van der Waals surface area contributed by atoms with E-state index in [0.717, 1.165) is 35.7 Å². The largest absolute Gasteiger partial charge is 0.445 e. The molecule has 0 radical (unpaired) electrons. The van der Waals surface area contributed by atoms with E-state index in [1.54, 1.807) is 6.20 Å². The zero-order chi connectivity index (χ0) is 17.6. The number of oxazole rings is 1. The number of benzene rings is 1. The minimum absolute atomic E-state index is 0.0365. The molecule has 3 rings (SSSR count). The molecule has 1 unspecified atom stereocenters. The molecule has 1 fully saturated rings. The SMILES string of the molecule is CCOCC(=O)N1CCCC(c2ncc(Cc3ccccc3Cl)o2)C1. The monoisotopic (exact) mass is 362 g/mol. The first-order chi connectivity index (χ1) is 12.2. The number of carbonyl (C=O) groups excluding carboxylic acids is 1. The summed E-state index contributed by atoms with van der Waals surface area (Å²) >= 11 is 6.21. The van der Waals surface area contributed by atoms with E-state index in [2.05, 4.69) is 4.98 Å². The molecule has 0 bridgehead atoms. The van der Waals surface area contributed by atoms with Crippen molar-refractivity contribution in [1.29, 1.82) is 0 Å². The fourth-order valence-electron chi connectivity index (χ4n) is 3.11. The number of hydrogen-bond acceptors (Lipinski definition) is 4. The van der Waals surface area contributed by atoms with Crippen molar-refractivity contribution in [3.63, 3.8) is 0 Å². The Balaban J connectivity index is 1.63. The van der Waals surface area contributed by atoms with Crippen LogP contribution in [-0.2, 0) is 16.0 Å². The highest BCUT2D eigenvalue weighted by Gasteiger charge is 2.27. The molecule has 1 saturated heterocycles. The zero-order valence-corrected chi connectivity index (χ0v) is 15.2. The summed E-state index contributed by atoms with van der Waals surface area (Å²) in [7, 11) is 0. The average Bonchev–Trinajstić information content (AvgIpc) is 3.10. The van der Waals surface area contributed by atoms with Crippen molar-refractivity contribution in [1.82, 2.24) is 9.88 Å². The standard InChI is InChI=1S/C19H23ClN2O3/c1-2-24-13-18(23)22-9-5-7-15(12-22)19-21-11-16(25-19)10-14-6-3-4-8-17(14)20/h3-4,6,8,11,15H,2,5,7,9-10,12-13H2,1H3. The number of piperidine rings is 1. The van der Waals surface area contributed by atoms with E-state index in [1.807, 2.05) is 36.1 Å². The van der Waals surface area contributed by atoms with Gasteiger partial charge in [-0.15, -0.1) is 0 Å². The van der Waals surface area contributed by atoms with Crippen LogP contribution in [-0.4, -0.2) is 42.1 Å². The van der Waals surface area contributed by atoms with Crippen LogP contribution in [0.4, 0.5) is 0 Å². The molecule has 134 valence electrons. The van der Waals surface area contributed by atoms with Gasteiger partial charge in [0.05, 0.1) is 12.1 Å². The highest BCUT2D eigenvalue weighted by molar-refractivity contribution is 6.31. The minimum Gasteiger partial charge on any atom is -0.445 e. The molecule has 2 aromatic rings. The van der Waals surface area contributed by atoms with Crippen LogP contribution in [0.5, 0.6) is 0 Å². The molecular weight excluding hydrogens is 340 g/mol. The molecule has 0 saturated carbocycles. The van der Waals surface area contributed by atoms with Crippen LogP contribution in [0, 0.1) is 0 Å². The van der Waals surface area contributed by atoms with Gasteiger partial charge in [-0.25, -0.2) is 4.98 Å². The summed E-state index contributed by atoms with van der Waals surface area (Å²) in [6.07, 6.45) is 4.31. The summed E-state index contributed by atoms with van der Waals surface area (Å²) in [4.78, 5) is 18.4. The van der Waals surface area contributed by atoms with E-state index in [1.165, 1.54) is 0 Å². The fourth-order valence-corrected chi connectivity index (χ4v) is 3.31. The summed E-state index contributed by atoms with van der Waals surface area (Å²) in [6, 6.07) is 7.73. The van der Waals surface area contributed by atoms with E-state index in [-0.39, 0.29) is 18.4 Å². The molecule has 0 spiro atoms. The lowest BCUT2D eigenvalue weighted by atomic mass is 9.98. The second-order valence-corrected chi connectivity index (χ2v) is 6.66. The average molecular weight is 363 g/mol. The van der Waals surface area contributed by atoms with Crippen LogP contribution >= 0.6 is 11.6 Å². The van der Waals surface area contributed by atoms with E-state index < -0.39 is 0 Å². The first-order valence-corrected chi connectivity index (χ1v) is 9.08. The Labute approximate surface area is 152 Å². The summed E-state index contributed by atoms with van der Waals surface area (Å²) in [5, 5.41) is 0.728. The Morgan fingerprint density at radius 2 is 2.28 bits per heavy atom. The number of halogens is 1. The van der Waals surface area contributed by atoms with Crippen molar-refractivity contribution in [2.24, 2.45) is 0 Å². The Morgan fingerprint density at radius 3 is 3.08 bits per heavy atom. The van der Waals surface area contributed by atoms with Gasteiger partial charge in [0.25, 0.3) is 0 Å². The van der Waals surface area contributed by atoms with Gasteiger partial charge in [-0.2, -0.15) is 0 Å². The molecule has 1 amide bonds. The lowest BCUT2D eigenvalue weighted by Crippen LogP contribution is -2.41. The van der Waals surface area contributed by atoms with Gasteiger partial charge >= 0.3 is 0 Å². The van der Waals surface area contributed by atoms with E-state index in [0.29, 0.717) is 25.5 Å². The Hall–Kier alpha value is -1.85. The molecule has 6 heteroatoms. The van der Waals surface area contributed by atoms with Crippen molar-refractivity contribution < 1.29 is 13.9 Å². The van der Waals surface area contributed by atoms with Crippen LogP contribution in [0.2, 0.25) is 5.02 Å². The molecule has 2 heterocycles. The maximum atomic E-state index is 12.2. The molecule has 0 N–H and O–H groups in total. The van der Waals surface area contributed by atoms with Gasteiger partial charge in [0.15, 0.2) is 5.89 Å². The van der Waals surface area contributed by atoms with Gasteiger partial charge in [-0.1, -0.05) is 29.8 Å². The van der Waals surface area contributed by atoms with Crippen LogP contribution < -0.4 is 0 Å². The summed E-state index contributed by atoms with van der Waals surface area (Å²) in [6.45, 7) is 3.99. The van der Waals surface area contributed by atoms with Gasteiger partial charge in [0, 0.05) is 31.1 Å². The third kappa shape index (κ3) is 4.61. The van der Waals surface area contributed by atoms with Crippen molar-refractivity contribution in [2.75, 3.05) is 26.3 Å². The lowest BCUT2D eigenvalue weighted by molar-refractivity contribution is -0.137. The normalized spacial score (nSPS) is 17.7. The second kappa shape index (κ2) is 8.50. The molecule has 1 aromatic heterocycles. The molecule has 25 heavy (non-hydrogen) atoms. The molecular formula is C19H23ClN2O3. The van der Waals surface area contributed by atoms with Crippen LogP contribution in [0.1, 0.15) is 42.9 Å². The summed E-state index contributed by atoms with van der Waals surface area (Å²) in [5.74, 6) is 1.67. The number of ether oxygens (including phenoxy) is 1. The number of amides is 1. The topological polar surface area (TPSA) is 55.6 Å². The van der Waals surface area contributed by atoms with E-state index in [9.17, 15) is 4.79 Å². The number of likely N-dealkylation sites (tertiary alicyclic amines) is 1. The first kappa shape index (κ1) is 18.0. The quantitative estimate of drug-likeness (QED) is 0.786. The lowest BCUT2D eigenvalue weighted by Gasteiger charge is -2.31. The number of aromatic nitrogens is 1. The van der Waals surface area contributed by atoms with Crippen LogP contribution in [0.15, 0.2) is 34.9 Å². The molecule has 1 aliphatic rings. The van der Waals surface area contributed by atoms with Gasteiger partial charge in [0.1, 0.15) is 12.4 Å². The predicted molar refractivity (Wildman–Crippen MR) is 95.8 cm³/mol. The van der Waals surface area contributed by atoms with Gasteiger partial charge in [-0.3, -0.25) is 4.79 Å². The Bertz CT molecular complexity index is 716. The van der Waals surface area contributed by atoms with E-state index in [4.69, 9.17) is 20.8 Å². The zero-order valence-electron chi connectivity index (χ0n) is 14.4. The summed E-state index contributed by atoms with van der Waals surface area (Å²) in [5.41, 5.74) is 1.02. The van der Waals surface area contributed by atoms with Crippen molar-refractivity contribution in [2.45, 2.75) is 32.1 Å². The Kier molecular flexibility index (Phi) is 6.10. The first-order valence-electron chi connectivity index (χ1n) is 8.71. The van der Waals surface area contributed by atoms with E-state index >= 15 is 0 Å². The van der Waals surface area contributed by atoms with Crippen molar-refractivity contribution in [3.8, 4) is 0 Å². The maximum absolute atomic E-state index is 12.2. The van der Waals surface area contributed by atoms with Crippen molar-refractivity contribution >= 4 is 17.5 Å². The number of rotatable bonds is 6. The predicted octanol–water partition coefficient (Wildman–Crippen LogP) is 3.66. The highest BCUT2D eigenvalue weighted by atomic mass is 35.5. The third-order valence-corrected chi connectivity index (χ3v) is 4.82. The minimum atomic E-state index is 0.0365. The van der Waals surface area contributed by atoms with Gasteiger partial charge in [0.2, 0.25) is 5.91 Å². The molecule has 1 atom stereocenters. The van der Waals surface area contributed by atoms with Crippen LogP contribution in [0.3, 0.4) is 0 Å². The molecule has 1 aromatic carbocycles. The maximum Gasteiger partial charge on any atom is 0.248 e. The van der Waals surface area contributed by atoms with Crippen LogP contribution in [0.25, 0.3) is 0 Å². The number of hydrogen-bond donors (Lipinski definition) is 0. The second-order valence-electron chi connectivity index (χ2n) is 6.25. The molecule has 0 aliphatic carbocycles. The molecule has 1 aliphatic heterocycles. The van der Waals surface area contributed by atoms with Crippen molar-refractivity contribution in [3.05, 3.63) is 52.7 Å². The Morgan fingerprint density at radius 1 is 1.44 bits per heavy atom. The highest BCUT2D eigenvalue weighted by Crippen LogP contribution is 2.28. The molecule has 5 nitrogen and oxygen atoms in total. The summed E-state index contributed by atoms with van der Waals surface area (Å²) < 4.78 is 11.2. The smallest absolute Gasteiger partial charge is 0.248 e. The fraction of sp³-hybridized carbons (Fsp3) is 0.474. The number of carbonyl (C=O) groups is 1. The van der Waals surface area contributed by atoms with Gasteiger partial charge in [-0.05, 0) is 31.4 Å². The third-order valence-electron chi connectivity index (χ3n) is 4.45. The number of nitrogens with zero attached hydrogens (tertiary/aromatic N) is 2.